The van der Waals surface area contributed by atoms with Crippen LogP contribution in [-0.4, -0.2) is 33.1 Å². The minimum Gasteiger partial charge on any atom is -0.388 e. The predicted octanol–water partition coefficient (Wildman–Crippen LogP) is 1.59. The zero-order valence-electron chi connectivity index (χ0n) is 11.4. The van der Waals surface area contributed by atoms with Crippen LogP contribution in [0, 0.1) is 16.0 Å². The number of amides is 1. The molecular formula is C13H19N3O4. The van der Waals surface area contributed by atoms with Gasteiger partial charge in [0.2, 0.25) is 0 Å². The standard InChI is InChI=1S/C13H19N3O4/c1-9-3-2-4-13(18,6-9)8-15-12(17)11-5-10(7-14-11)16(19)20/h5,7,9,14,18H,2-4,6,8H2,1H3,(H,15,17). The Labute approximate surface area is 116 Å². The largest absolute Gasteiger partial charge is 0.388 e. The molecule has 0 aromatic carbocycles. The molecule has 7 nitrogen and oxygen atoms in total. The molecule has 2 unspecified atom stereocenters. The van der Waals surface area contributed by atoms with E-state index >= 15 is 0 Å². The Morgan fingerprint density at radius 3 is 3.05 bits per heavy atom. The van der Waals surface area contributed by atoms with Crippen molar-refractivity contribution < 1.29 is 14.8 Å². The van der Waals surface area contributed by atoms with Gasteiger partial charge in [-0.1, -0.05) is 19.8 Å². The summed E-state index contributed by atoms with van der Waals surface area (Å²) >= 11 is 0. The zero-order chi connectivity index (χ0) is 14.8. The lowest BCUT2D eigenvalue weighted by Gasteiger charge is -2.35. The van der Waals surface area contributed by atoms with E-state index in [1.807, 2.05) is 0 Å². The summed E-state index contributed by atoms with van der Waals surface area (Å²) < 4.78 is 0. The van der Waals surface area contributed by atoms with Gasteiger partial charge in [0.05, 0.1) is 16.7 Å². The number of H-pyrrole nitrogens is 1. The van der Waals surface area contributed by atoms with Crippen molar-refractivity contribution in [2.45, 2.75) is 38.2 Å². The van der Waals surface area contributed by atoms with Crippen LogP contribution in [0.15, 0.2) is 12.3 Å². The first kappa shape index (κ1) is 14.5. The Hall–Kier alpha value is -1.89. The summed E-state index contributed by atoms with van der Waals surface area (Å²) in [6.07, 6.45) is 4.55. The molecule has 1 aliphatic carbocycles. The van der Waals surface area contributed by atoms with Gasteiger partial charge in [0.15, 0.2) is 0 Å². The molecule has 1 amide bonds. The Kier molecular flexibility index (Phi) is 4.08. The summed E-state index contributed by atoms with van der Waals surface area (Å²) in [4.78, 5) is 24.4. The van der Waals surface area contributed by atoms with Crippen molar-refractivity contribution in [2.24, 2.45) is 5.92 Å². The Morgan fingerprint density at radius 1 is 1.70 bits per heavy atom. The van der Waals surface area contributed by atoms with E-state index < -0.39 is 16.4 Å². The van der Waals surface area contributed by atoms with Crippen molar-refractivity contribution in [3.05, 3.63) is 28.1 Å². The van der Waals surface area contributed by atoms with Gasteiger partial charge in [0.25, 0.3) is 11.6 Å². The van der Waals surface area contributed by atoms with Crippen LogP contribution in [0.2, 0.25) is 0 Å². The number of carbonyl (C=O) groups is 1. The minimum atomic E-state index is -0.869. The number of aromatic amines is 1. The third kappa shape index (κ3) is 3.36. The first-order valence-corrected chi connectivity index (χ1v) is 6.73. The number of aromatic nitrogens is 1. The van der Waals surface area contributed by atoms with Crippen LogP contribution in [0.25, 0.3) is 0 Å². The highest BCUT2D eigenvalue weighted by atomic mass is 16.6. The van der Waals surface area contributed by atoms with Gasteiger partial charge < -0.3 is 15.4 Å². The van der Waals surface area contributed by atoms with Gasteiger partial charge in [-0.2, -0.15) is 0 Å². The van der Waals surface area contributed by atoms with E-state index in [-0.39, 0.29) is 17.9 Å². The molecule has 1 aliphatic rings. The predicted molar refractivity (Wildman–Crippen MR) is 72.4 cm³/mol. The van der Waals surface area contributed by atoms with E-state index in [9.17, 15) is 20.0 Å². The van der Waals surface area contributed by atoms with Crippen LogP contribution < -0.4 is 5.32 Å². The van der Waals surface area contributed by atoms with Crippen molar-refractivity contribution in [1.82, 2.24) is 10.3 Å². The molecule has 1 fully saturated rings. The van der Waals surface area contributed by atoms with Crippen molar-refractivity contribution in [1.29, 1.82) is 0 Å². The fourth-order valence-electron chi connectivity index (χ4n) is 2.75. The third-order valence-corrected chi connectivity index (χ3v) is 3.77. The Bertz CT molecular complexity index is 513. The number of rotatable bonds is 4. The van der Waals surface area contributed by atoms with Crippen LogP contribution >= 0.6 is 0 Å². The molecule has 0 spiro atoms. The maximum atomic E-state index is 11.9. The smallest absolute Gasteiger partial charge is 0.287 e. The average Bonchev–Trinajstić information content (AvgIpc) is 2.85. The van der Waals surface area contributed by atoms with Gasteiger partial charge in [0, 0.05) is 12.6 Å². The van der Waals surface area contributed by atoms with E-state index in [1.54, 1.807) is 0 Å². The van der Waals surface area contributed by atoms with Gasteiger partial charge in [-0.25, -0.2) is 0 Å². The number of carbonyl (C=O) groups excluding carboxylic acids is 1. The lowest BCUT2D eigenvalue weighted by atomic mass is 9.79. The van der Waals surface area contributed by atoms with Crippen LogP contribution in [0.4, 0.5) is 5.69 Å². The maximum Gasteiger partial charge on any atom is 0.287 e. The molecule has 0 bridgehead atoms. The molecule has 0 aliphatic heterocycles. The molecule has 2 rings (SSSR count). The summed E-state index contributed by atoms with van der Waals surface area (Å²) in [5.74, 6) is 0.00183. The Morgan fingerprint density at radius 2 is 2.45 bits per heavy atom. The molecule has 110 valence electrons. The molecule has 1 aromatic rings. The average molecular weight is 281 g/mol. The summed E-state index contributed by atoms with van der Waals surface area (Å²) in [5, 5.41) is 23.6. The van der Waals surface area contributed by atoms with E-state index in [4.69, 9.17) is 0 Å². The summed E-state index contributed by atoms with van der Waals surface area (Å²) in [5.41, 5.74) is -0.893. The molecular weight excluding hydrogens is 262 g/mol. The van der Waals surface area contributed by atoms with E-state index in [1.165, 1.54) is 12.3 Å². The van der Waals surface area contributed by atoms with Crippen molar-refractivity contribution in [2.75, 3.05) is 6.54 Å². The topological polar surface area (TPSA) is 108 Å². The minimum absolute atomic E-state index is 0.129. The van der Waals surface area contributed by atoms with Crippen molar-refractivity contribution in [3.8, 4) is 0 Å². The molecule has 0 saturated heterocycles. The van der Waals surface area contributed by atoms with Gasteiger partial charge in [-0.05, 0) is 18.8 Å². The van der Waals surface area contributed by atoms with Crippen molar-refractivity contribution >= 4 is 11.6 Å². The van der Waals surface area contributed by atoms with E-state index in [0.29, 0.717) is 18.8 Å². The quantitative estimate of drug-likeness (QED) is 0.575. The summed E-state index contributed by atoms with van der Waals surface area (Å²) in [7, 11) is 0. The maximum absolute atomic E-state index is 11.9. The first-order chi connectivity index (χ1) is 9.39. The third-order valence-electron chi connectivity index (χ3n) is 3.77. The summed E-state index contributed by atoms with van der Waals surface area (Å²) in [6.45, 7) is 2.25. The number of hydrogen-bond donors (Lipinski definition) is 3. The normalized spacial score (nSPS) is 26.2. The van der Waals surface area contributed by atoms with Crippen molar-refractivity contribution in [3.63, 3.8) is 0 Å². The second-order valence-corrected chi connectivity index (χ2v) is 5.64. The molecule has 20 heavy (non-hydrogen) atoms. The highest BCUT2D eigenvalue weighted by Crippen LogP contribution is 2.31. The number of nitro groups is 1. The SMILES string of the molecule is CC1CCCC(O)(CNC(=O)c2cc([N+](=O)[O-])c[nH]2)C1. The van der Waals surface area contributed by atoms with Gasteiger partial charge in [-0.3, -0.25) is 14.9 Å². The molecule has 3 N–H and O–H groups in total. The number of aliphatic hydroxyl groups is 1. The lowest BCUT2D eigenvalue weighted by molar-refractivity contribution is -0.384. The number of hydrogen-bond acceptors (Lipinski definition) is 4. The fourth-order valence-corrected chi connectivity index (χ4v) is 2.75. The summed E-state index contributed by atoms with van der Waals surface area (Å²) in [6, 6.07) is 1.18. The first-order valence-electron chi connectivity index (χ1n) is 6.73. The molecule has 2 atom stereocenters. The van der Waals surface area contributed by atoms with Gasteiger partial charge in [0.1, 0.15) is 5.69 Å². The second-order valence-electron chi connectivity index (χ2n) is 5.64. The number of nitrogens with one attached hydrogen (secondary N) is 2. The van der Waals surface area contributed by atoms with Gasteiger partial charge in [-0.15, -0.1) is 0 Å². The Balaban J connectivity index is 1.92. The second kappa shape index (κ2) is 5.62. The van der Waals surface area contributed by atoms with Crippen LogP contribution in [0.3, 0.4) is 0 Å². The molecule has 1 saturated carbocycles. The lowest BCUT2D eigenvalue weighted by Crippen LogP contribution is -2.45. The highest BCUT2D eigenvalue weighted by Gasteiger charge is 2.33. The monoisotopic (exact) mass is 281 g/mol. The van der Waals surface area contributed by atoms with Crippen LogP contribution in [-0.2, 0) is 0 Å². The molecule has 1 aromatic heterocycles. The van der Waals surface area contributed by atoms with E-state index in [2.05, 4.69) is 17.2 Å². The van der Waals surface area contributed by atoms with Crippen LogP contribution in [0.5, 0.6) is 0 Å². The molecule has 0 radical (unpaired) electrons. The zero-order valence-corrected chi connectivity index (χ0v) is 11.4. The van der Waals surface area contributed by atoms with E-state index in [0.717, 1.165) is 12.8 Å². The van der Waals surface area contributed by atoms with Gasteiger partial charge >= 0.3 is 0 Å². The van der Waals surface area contributed by atoms with Crippen LogP contribution in [0.1, 0.15) is 43.1 Å². The highest BCUT2D eigenvalue weighted by molar-refractivity contribution is 5.93. The molecule has 1 heterocycles. The molecule has 7 heteroatoms. The number of nitrogens with zero attached hydrogens (tertiary/aromatic N) is 1. The fraction of sp³-hybridized carbons (Fsp3) is 0.615.